The number of ether oxygens (including phenoxy) is 3. The van der Waals surface area contributed by atoms with Gasteiger partial charge in [-0.15, -0.1) is 0 Å². The Bertz CT molecular complexity index is 711. The molecule has 6 nitrogen and oxygen atoms in total. The van der Waals surface area contributed by atoms with Crippen LogP contribution in [-0.4, -0.2) is 55.7 Å². The fraction of sp³-hybridized carbons (Fsp3) is 0.667. The van der Waals surface area contributed by atoms with Crippen LogP contribution in [0.1, 0.15) is 45.0 Å². The molecule has 2 aliphatic rings. The molecule has 1 N–H and O–H groups in total. The van der Waals surface area contributed by atoms with Gasteiger partial charge >= 0.3 is 5.97 Å². The van der Waals surface area contributed by atoms with Gasteiger partial charge in [-0.05, 0) is 44.1 Å². The molecule has 1 aliphatic heterocycles. The lowest BCUT2D eigenvalue weighted by Gasteiger charge is -2.40. The minimum Gasteiger partial charge on any atom is -0.453 e. The predicted molar refractivity (Wildman–Crippen MR) is 108 cm³/mol. The standard InChI is InChI=1S/C21H32O6Si/c1-20(2,3)28(6,7)27-16-14(22)15(17-18(16)26-21(4,5)25-17)24-19(23)13-11-9-8-10-12-13/h8-12,14-18,22H,1-7H3/t14-,15-,16+,17-,18+/m0/s1. The van der Waals surface area contributed by atoms with E-state index in [4.69, 9.17) is 18.6 Å². The highest BCUT2D eigenvalue weighted by atomic mass is 28.4. The van der Waals surface area contributed by atoms with E-state index < -0.39 is 50.6 Å². The van der Waals surface area contributed by atoms with Crippen LogP contribution in [-0.2, 0) is 18.6 Å². The Morgan fingerprint density at radius 1 is 1.07 bits per heavy atom. The quantitative estimate of drug-likeness (QED) is 0.607. The third-order valence-corrected chi connectivity index (χ3v) is 10.4. The van der Waals surface area contributed by atoms with Crippen LogP contribution in [0.25, 0.3) is 0 Å². The summed E-state index contributed by atoms with van der Waals surface area (Å²) in [6.45, 7) is 14.3. The van der Waals surface area contributed by atoms with Crippen LogP contribution in [0.5, 0.6) is 0 Å². The lowest BCUT2D eigenvalue weighted by Crippen LogP contribution is -2.50. The van der Waals surface area contributed by atoms with Crippen molar-refractivity contribution < 1.29 is 28.5 Å². The zero-order chi connectivity index (χ0) is 20.9. The van der Waals surface area contributed by atoms with Crippen molar-refractivity contribution in [2.45, 2.75) is 89.1 Å². The average molecular weight is 409 g/mol. The van der Waals surface area contributed by atoms with Crippen molar-refractivity contribution in [2.75, 3.05) is 0 Å². The van der Waals surface area contributed by atoms with E-state index >= 15 is 0 Å². The number of aliphatic hydroxyl groups is 1. The number of fused-ring (bicyclic) bond motifs is 1. The normalized spacial score (nSPS) is 32.2. The number of carbonyl (C=O) groups excluding carboxylic acids is 1. The molecule has 0 amide bonds. The first-order valence-corrected chi connectivity index (χ1v) is 12.7. The third-order valence-electron chi connectivity index (χ3n) is 5.97. The number of benzene rings is 1. The Kier molecular flexibility index (Phi) is 5.53. The predicted octanol–water partition coefficient (Wildman–Crippen LogP) is 3.50. The molecule has 1 heterocycles. The average Bonchev–Trinajstić information content (AvgIpc) is 3.01. The van der Waals surface area contributed by atoms with Gasteiger partial charge in [0.1, 0.15) is 24.4 Å². The smallest absolute Gasteiger partial charge is 0.338 e. The van der Waals surface area contributed by atoms with Crippen LogP contribution in [0.2, 0.25) is 18.1 Å². The maximum Gasteiger partial charge on any atom is 0.338 e. The number of esters is 1. The third kappa shape index (κ3) is 4.04. The molecular weight excluding hydrogens is 376 g/mol. The molecule has 3 rings (SSSR count). The Morgan fingerprint density at radius 3 is 2.14 bits per heavy atom. The van der Waals surface area contributed by atoms with Crippen LogP contribution in [0.3, 0.4) is 0 Å². The van der Waals surface area contributed by atoms with Gasteiger partial charge in [0, 0.05) is 0 Å². The van der Waals surface area contributed by atoms with Crippen molar-refractivity contribution in [1.82, 2.24) is 0 Å². The van der Waals surface area contributed by atoms with E-state index in [1.54, 1.807) is 24.3 Å². The van der Waals surface area contributed by atoms with E-state index in [1.807, 2.05) is 19.9 Å². The zero-order valence-electron chi connectivity index (χ0n) is 17.8. The molecule has 7 heteroatoms. The number of hydrogen-bond acceptors (Lipinski definition) is 6. The van der Waals surface area contributed by atoms with Crippen LogP contribution >= 0.6 is 0 Å². The topological polar surface area (TPSA) is 74.2 Å². The maximum absolute atomic E-state index is 12.6. The van der Waals surface area contributed by atoms with E-state index in [0.29, 0.717) is 5.56 Å². The minimum absolute atomic E-state index is 0.0317. The zero-order valence-corrected chi connectivity index (χ0v) is 18.8. The van der Waals surface area contributed by atoms with Crippen LogP contribution < -0.4 is 0 Å². The molecule has 0 spiro atoms. The first-order valence-electron chi connectivity index (χ1n) is 9.80. The van der Waals surface area contributed by atoms with Crippen molar-refractivity contribution in [3.05, 3.63) is 35.9 Å². The second kappa shape index (κ2) is 7.22. The van der Waals surface area contributed by atoms with Crippen molar-refractivity contribution >= 4 is 14.3 Å². The second-order valence-corrected chi connectivity index (χ2v) is 14.4. The summed E-state index contributed by atoms with van der Waals surface area (Å²) in [6.07, 6.45) is -3.55. The Hall–Kier alpha value is -1.25. The monoisotopic (exact) mass is 408 g/mol. The minimum atomic E-state index is -2.19. The van der Waals surface area contributed by atoms with E-state index in [0.717, 1.165) is 0 Å². The Balaban J connectivity index is 1.84. The molecule has 0 aromatic heterocycles. The van der Waals surface area contributed by atoms with Gasteiger partial charge in [0.15, 0.2) is 20.2 Å². The summed E-state index contributed by atoms with van der Waals surface area (Å²) >= 11 is 0. The molecule has 1 aromatic carbocycles. The van der Waals surface area contributed by atoms with Crippen molar-refractivity contribution in [3.8, 4) is 0 Å². The number of hydrogen-bond donors (Lipinski definition) is 1. The van der Waals surface area contributed by atoms with E-state index in [1.165, 1.54) is 0 Å². The van der Waals surface area contributed by atoms with E-state index in [-0.39, 0.29) is 5.04 Å². The fourth-order valence-corrected chi connectivity index (χ4v) is 4.76. The van der Waals surface area contributed by atoms with Crippen molar-refractivity contribution in [3.63, 3.8) is 0 Å². The summed E-state index contributed by atoms with van der Waals surface area (Å²) < 4.78 is 24.2. The summed E-state index contributed by atoms with van der Waals surface area (Å²) in [7, 11) is -2.19. The van der Waals surface area contributed by atoms with Gasteiger partial charge in [-0.25, -0.2) is 4.79 Å². The van der Waals surface area contributed by atoms with Gasteiger partial charge < -0.3 is 23.7 Å². The van der Waals surface area contributed by atoms with Gasteiger partial charge in [-0.1, -0.05) is 39.0 Å². The molecule has 1 saturated heterocycles. The molecule has 0 radical (unpaired) electrons. The number of carbonyl (C=O) groups is 1. The van der Waals surface area contributed by atoms with Crippen molar-refractivity contribution in [1.29, 1.82) is 0 Å². The second-order valence-electron chi connectivity index (χ2n) is 9.63. The lowest BCUT2D eigenvalue weighted by molar-refractivity contribution is -0.187. The summed E-state index contributed by atoms with van der Waals surface area (Å²) in [5.41, 5.74) is 0.429. The summed E-state index contributed by atoms with van der Waals surface area (Å²) in [5, 5.41) is 11.0. The largest absolute Gasteiger partial charge is 0.453 e. The lowest BCUT2D eigenvalue weighted by atomic mass is 10.2. The van der Waals surface area contributed by atoms with Crippen LogP contribution in [0.15, 0.2) is 30.3 Å². The Morgan fingerprint density at radius 2 is 1.61 bits per heavy atom. The van der Waals surface area contributed by atoms with Gasteiger partial charge in [0.2, 0.25) is 0 Å². The molecule has 28 heavy (non-hydrogen) atoms. The highest BCUT2D eigenvalue weighted by Gasteiger charge is 2.62. The highest BCUT2D eigenvalue weighted by Crippen LogP contribution is 2.45. The van der Waals surface area contributed by atoms with E-state index in [9.17, 15) is 9.90 Å². The molecule has 1 aliphatic carbocycles. The SMILES string of the molecule is CC1(C)O[C@@H]2[C@H](O1)[C@H](O[Si](C)(C)C(C)(C)C)[C@@H](O)[C@@H]2OC(=O)c1ccccc1. The first-order chi connectivity index (χ1) is 12.8. The number of aliphatic hydroxyl groups excluding tert-OH is 1. The van der Waals surface area contributed by atoms with Crippen LogP contribution in [0.4, 0.5) is 0 Å². The molecule has 2 fully saturated rings. The maximum atomic E-state index is 12.6. The number of rotatable bonds is 4. The molecule has 0 unspecified atom stereocenters. The molecule has 5 atom stereocenters. The molecule has 0 bridgehead atoms. The molecule has 156 valence electrons. The highest BCUT2D eigenvalue weighted by molar-refractivity contribution is 6.74. The van der Waals surface area contributed by atoms with Crippen LogP contribution in [0, 0.1) is 0 Å². The molecule has 1 saturated carbocycles. The summed E-state index contributed by atoms with van der Waals surface area (Å²) in [6, 6.07) is 8.73. The van der Waals surface area contributed by atoms with Gasteiger partial charge in [0.05, 0.1) is 5.56 Å². The summed E-state index contributed by atoms with van der Waals surface area (Å²) in [5.74, 6) is -1.33. The van der Waals surface area contributed by atoms with Gasteiger partial charge in [-0.3, -0.25) is 0 Å². The van der Waals surface area contributed by atoms with Crippen molar-refractivity contribution in [2.24, 2.45) is 0 Å². The fourth-order valence-electron chi connectivity index (χ4n) is 3.46. The first kappa shape index (κ1) is 21.5. The summed E-state index contributed by atoms with van der Waals surface area (Å²) in [4.78, 5) is 12.6. The molecule has 1 aromatic rings. The Labute approximate surface area is 168 Å². The van der Waals surface area contributed by atoms with Gasteiger partial charge in [-0.2, -0.15) is 0 Å². The molecular formula is C21H32O6Si. The van der Waals surface area contributed by atoms with E-state index in [2.05, 4.69) is 33.9 Å². The van der Waals surface area contributed by atoms with Gasteiger partial charge in [0.25, 0.3) is 0 Å².